The molecule has 51 heavy (non-hydrogen) atoms. The minimum Gasteiger partial charge on any atom is -0.457 e. The van der Waals surface area contributed by atoms with Gasteiger partial charge in [0.25, 0.3) is 0 Å². The van der Waals surface area contributed by atoms with Crippen LogP contribution in [0.15, 0.2) is 97.2 Å². The summed E-state index contributed by atoms with van der Waals surface area (Å²) < 4.78 is 11.3. The minimum atomic E-state index is 0.494. The first-order valence-corrected chi connectivity index (χ1v) is 18.9. The third kappa shape index (κ3) is 5.64. The smallest absolute Gasteiger partial charge is 0.137 e. The first-order valence-electron chi connectivity index (χ1n) is 18.9. The van der Waals surface area contributed by atoms with Crippen molar-refractivity contribution in [3.05, 3.63) is 131 Å². The van der Waals surface area contributed by atoms with Gasteiger partial charge in [-0.25, -0.2) is 9.67 Å². The van der Waals surface area contributed by atoms with Crippen molar-refractivity contribution < 1.29 is 4.74 Å². The van der Waals surface area contributed by atoms with E-state index in [1.54, 1.807) is 0 Å². The monoisotopic (exact) mass is 670 g/mol. The zero-order valence-electron chi connectivity index (χ0n) is 30.2. The molecule has 2 fully saturated rings. The van der Waals surface area contributed by atoms with E-state index >= 15 is 0 Å². The predicted molar refractivity (Wildman–Crippen MR) is 209 cm³/mol. The first kappa shape index (κ1) is 31.8. The summed E-state index contributed by atoms with van der Waals surface area (Å²) in [6, 6.07) is 32.6. The number of pyridine rings is 1. The topological polar surface area (TPSA) is 44.9 Å². The van der Waals surface area contributed by atoms with Gasteiger partial charge in [0.1, 0.15) is 17.3 Å². The predicted octanol–water partition coefficient (Wildman–Crippen LogP) is 12.4. The maximum atomic E-state index is 6.72. The molecule has 0 spiro atoms. The number of para-hydroxylation sites is 1. The Labute approximate surface area is 300 Å². The van der Waals surface area contributed by atoms with Crippen LogP contribution in [-0.4, -0.2) is 19.3 Å². The summed E-state index contributed by atoms with van der Waals surface area (Å²) in [7, 11) is 0. The van der Waals surface area contributed by atoms with Crippen LogP contribution in [0.4, 0.5) is 0 Å². The molecule has 0 amide bonds. The molecule has 2 aliphatic rings. The molecule has 0 radical (unpaired) electrons. The normalized spacial score (nSPS) is 15.5. The van der Waals surface area contributed by atoms with Crippen LogP contribution in [0.25, 0.3) is 44.4 Å². The number of nitrogens with zero attached hydrogens (tertiary/aromatic N) is 4. The van der Waals surface area contributed by atoms with Gasteiger partial charge in [0.15, 0.2) is 0 Å². The zero-order chi connectivity index (χ0) is 34.6. The molecule has 4 aromatic carbocycles. The molecule has 0 bridgehead atoms. The van der Waals surface area contributed by atoms with E-state index in [1.165, 1.54) is 107 Å². The summed E-state index contributed by atoms with van der Waals surface area (Å²) in [5, 5.41) is 7.97. The van der Waals surface area contributed by atoms with Crippen LogP contribution in [0.3, 0.4) is 0 Å². The number of rotatable bonds is 7. The van der Waals surface area contributed by atoms with Gasteiger partial charge < -0.3 is 4.74 Å². The van der Waals surface area contributed by atoms with Crippen LogP contribution in [0.5, 0.6) is 11.5 Å². The van der Waals surface area contributed by atoms with E-state index in [-0.39, 0.29) is 0 Å². The van der Waals surface area contributed by atoms with Gasteiger partial charge in [-0.2, -0.15) is 5.10 Å². The summed E-state index contributed by atoms with van der Waals surface area (Å²) in [6.07, 6.45) is 11.9. The van der Waals surface area contributed by atoms with Crippen LogP contribution in [-0.2, 0) is 0 Å². The summed E-state index contributed by atoms with van der Waals surface area (Å²) >= 11 is 0. The summed E-state index contributed by atoms with van der Waals surface area (Å²) in [5.41, 5.74) is 14.0. The Morgan fingerprint density at radius 2 is 1.35 bits per heavy atom. The van der Waals surface area contributed by atoms with Crippen LogP contribution in [0.1, 0.15) is 96.8 Å². The van der Waals surface area contributed by atoms with Crippen molar-refractivity contribution in [3.8, 4) is 34.1 Å². The highest BCUT2D eigenvalue weighted by atomic mass is 16.5. The number of hydrogen-bond acceptors (Lipinski definition) is 3. The van der Waals surface area contributed by atoms with E-state index in [2.05, 4.69) is 122 Å². The molecule has 0 N–H and O–H groups in total. The maximum Gasteiger partial charge on any atom is 0.137 e. The lowest BCUT2D eigenvalue weighted by Crippen LogP contribution is -2.07. The number of hydrogen-bond donors (Lipinski definition) is 0. The lowest BCUT2D eigenvalue weighted by molar-refractivity contribution is 0.482. The molecule has 5 nitrogen and oxygen atoms in total. The highest BCUT2D eigenvalue weighted by Crippen LogP contribution is 2.47. The van der Waals surface area contributed by atoms with Crippen LogP contribution >= 0.6 is 0 Å². The fraction of sp³-hybridized carbons (Fsp3) is 0.304. The van der Waals surface area contributed by atoms with Crippen molar-refractivity contribution >= 4 is 21.8 Å². The van der Waals surface area contributed by atoms with Gasteiger partial charge in [-0.3, -0.25) is 4.57 Å². The molecule has 3 aromatic heterocycles. The molecular weight excluding hydrogens is 625 g/mol. The third-order valence-corrected chi connectivity index (χ3v) is 11.7. The summed E-state index contributed by atoms with van der Waals surface area (Å²) in [6.45, 7) is 8.88. The largest absolute Gasteiger partial charge is 0.457 e. The number of ether oxygens (including phenoxy) is 1. The number of benzene rings is 4. The Kier molecular flexibility index (Phi) is 8.02. The molecule has 0 aliphatic heterocycles. The number of aryl methyl sites for hydroxylation is 3. The first-order chi connectivity index (χ1) is 24.9. The van der Waals surface area contributed by atoms with E-state index in [0.29, 0.717) is 11.8 Å². The summed E-state index contributed by atoms with van der Waals surface area (Å²) in [4.78, 5) is 4.77. The lowest BCUT2D eigenvalue weighted by atomic mass is 9.87. The Morgan fingerprint density at radius 1 is 0.647 bits per heavy atom. The van der Waals surface area contributed by atoms with Gasteiger partial charge in [-0.05, 0) is 124 Å². The van der Waals surface area contributed by atoms with Gasteiger partial charge in [0, 0.05) is 46.5 Å². The Morgan fingerprint density at radius 3 is 2.12 bits per heavy atom. The molecule has 256 valence electrons. The average molecular weight is 671 g/mol. The van der Waals surface area contributed by atoms with Gasteiger partial charge in [-0.1, -0.05) is 62.1 Å². The van der Waals surface area contributed by atoms with Gasteiger partial charge in [0.05, 0.1) is 28.1 Å². The highest BCUT2D eigenvalue weighted by molar-refractivity contribution is 6.09. The molecule has 0 unspecified atom stereocenters. The Hall–Kier alpha value is -5.16. The molecular formula is C46H46N4O. The van der Waals surface area contributed by atoms with E-state index in [1.807, 2.05) is 12.3 Å². The van der Waals surface area contributed by atoms with E-state index < -0.39 is 0 Å². The lowest BCUT2D eigenvalue weighted by Gasteiger charge is -2.18. The van der Waals surface area contributed by atoms with Crippen molar-refractivity contribution in [3.63, 3.8) is 0 Å². The van der Waals surface area contributed by atoms with Crippen molar-refractivity contribution in [2.45, 2.75) is 90.9 Å². The molecule has 3 heterocycles. The molecule has 5 heteroatoms. The standard InChI is InChI=1S/C46H46N4O/c1-29-22-23-47-43(24-29)49-41-19-10-9-18-39(41)40-21-20-38(28-42(40)49)51-37-17-11-16-36(27-37)50-46(34-14-7-8-15-34)44(45(48-50)33-12-5-6-13-33)35-25-30(2)32(4)31(3)26-35/h9-11,16-28,33-34H,5-8,12-15H2,1-4H3. The quantitative estimate of drug-likeness (QED) is 0.170. The van der Waals surface area contributed by atoms with Crippen LogP contribution in [0, 0.1) is 27.7 Å². The SMILES string of the molecule is Cc1ccnc(-n2c3ccccc3c3ccc(Oc4cccc(-n5nc(C6CCCC6)c(-c6cc(C)c(C)c(C)c6)c5C5CCCC5)c4)cc32)c1. The molecule has 0 atom stereocenters. The van der Waals surface area contributed by atoms with Crippen molar-refractivity contribution in [2.24, 2.45) is 0 Å². The van der Waals surface area contributed by atoms with E-state index in [0.717, 1.165) is 34.0 Å². The van der Waals surface area contributed by atoms with Crippen molar-refractivity contribution in [1.29, 1.82) is 0 Å². The van der Waals surface area contributed by atoms with Gasteiger partial charge >= 0.3 is 0 Å². The fourth-order valence-corrected chi connectivity index (χ4v) is 8.90. The van der Waals surface area contributed by atoms with Gasteiger partial charge in [0.2, 0.25) is 0 Å². The second kappa shape index (κ2) is 12.9. The molecule has 0 saturated heterocycles. The highest BCUT2D eigenvalue weighted by Gasteiger charge is 2.33. The fourth-order valence-electron chi connectivity index (χ4n) is 8.90. The average Bonchev–Trinajstić information content (AvgIpc) is 3.96. The third-order valence-electron chi connectivity index (χ3n) is 11.7. The van der Waals surface area contributed by atoms with E-state index in [4.69, 9.17) is 14.8 Å². The number of fused-ring (bicyclic) bond motifs is 3. The number of aromatic nitrogens is 4. The van der Waals surface area contributed by atoms with Crippen LogP contribution < -0.4 is 4.74 Å². The Bertz CT molecular complexity index is 2400. The van der Waals surface area contributed by atoms with E-state index in [9.17, 15) is 0 Å². The van der Waals surface area contributed by atoms with Crippen LogP contribution in [0.2, 0.25) is 0 Å². The molecule has 9 rings (SSSR count). The second-order valence-corrected chi connectivity index (χ2v) is 15.1. The second-order valence-electron chi connectivity index (χ2n) is 15.1. The van der Waals surface area contributed by atoms with Crippen molar-refractivity contribution in [1.82, 2.24) is 19.3 Å². The molecule has 2 aliphatic carbocycles. The van der Waals surface area contributed by atoms with Gasteiger partial charge in [-0.15, -0.1) is 0 Å². The van der Waals surface area contributed by atoms with Crippen molar-refractivity contribution in [2.75, 3.05) is 0 Å². The molecule has 7 aromatic rings. The summed E-state index contributed by atoms with van der Waals surface area (Å²) in [5.74, 6) is 3.51. The molecule has 2 saturated carbocycles. The Balaban J connectivity index is 1.16. The minimum absolute atomic E-state index is 0.494. The maximum absolute atomic E-state index is 6.72. The zero-order valence-corrected chi connectivity index (χ0v) is 30.2.